The number of nitro groups is 1. The summed E-state index contributed by atoms with van der Waals surface area (Å²) in [6.45, 7) is 4.46. The van der Waals surface area contributed by atoms with Crippen LogP contribution < -0.4 is 21.7 Å². The molecule has 0 saturated carbocycles. The maximum absolute atomic E-state index is 12.8. The zero-order valence-corrected chi connectivity index (χ0v) is 21.3. The number of aryl methyl sites for hydroxylation is 1. The van der Waals surface area contributed by atoms with E-state index in [0.717, 1.165) is 49.4 Å². The molecule has 35 heavy (non-hydrogen) atoms. The number of carbonyl (C=O) groups excluding carboxylic acids is 2. The Kier molecular flexibility index (Phi) is 12.1. The first-order valence-corrected chi connectivity index (χ1v) is 12.9. The van der Waals surface area contributed by atoms with Crippen molar-refractivity contribution in [1.82, 2.24) is 4.98 Å². The molecule has 0 unspecified atom stereocenters. The van der Waals surface area contributed by atoms with Gasteiger partial charge >= 0.3 is 5.00 Å². The SMILES string of the molecule is CC(=O)Nc1cc(NCCCCCCCCCCCN)ccc1C(=O)Nc1nc(C)c([N+](=O)[O-])s1. The average Bonchev–Trinajstić information content (AvgIpc) is 3.17. The summed E-state index contributed by atoms with van der Waals surface area (Å²) in [4.78, 5) is 39.0. The number of carbonyl (C=O) groups is 2. The monoisotopic (exact) mass is 504 g/mol. The minimum absolute atomic E-state index is 0.121. The average molecular weight is 505 g/mol. The van der Waals surface area contributed by atoms with Crippen LogP contribution in [0.4, 0.5) is 21.5 Å². The number of amides is 2. The van der Waals surface area contributed by atoms with Gasteiger partial charge in [-0.25, -0.2) is 4.98 Å². The highest BCUT2D eigenvalue weighted by Gasteiger charge is 2.20. The van der Waals surface area contributed by atoms with Crippen molar-refractivity contribution >= 4 is 44.7 Å². The largest absolute Gasteiger partial charge is 0.385 e. The molecule has 0 aliphatic heterocycles. The lowest BCUT2D eigenvalue weighted by Crippen LogP contribution is -2.17. The Hall–Kier alpha value is -3.05. The van der Waals surface area contributed by atoms with Gasteiger partial charge in [-0.1, -0.05) is 44.9 Å². The second-order valence-corrected chi connectivity index (χ2v) is 9.44. The lowest BCUT2D eigenvalue weighted by Gasteiger charge is -2.13. The Bertz CT molecular complexity index is 994. The van der Waals surface area contributed by atoms with E-state index in [-0.39, 0.29) is 27.3 Å². The Balaban J connectivity index is 1.85. The van der Waals surface area contributed by atoms with Crippen LogP contribution in [0.2, 0.25) is 0 Å². The number of anilines is 3. The highest BCUT2D eigenvalue weighted by atomic mass is 32.1. The number of aromatic nitrogens is 1. The predicted molar refractivity (Wildman–Crippen MR) is 141 cm³/mol. The lowest BCUT2D eigenvalue weighted by molar-refractivity contribution is -0.380. The first kappa shape index (κ1) is 28.2. The van der Waals surface area contributed by atoms with Gasteiger partial charge in [0.15, 0.2) is 5.13 Å². The molecule has 0 atom stereocenters. The van der Waals surface area contributed by atoms with E-state index in [1.54, 1.807) is 18.2 Å². The maximum atomic E-state index is 12.8. The standard InChI is InChI=1S/C24H36N6O4S/c1-17-23(30(33)34)35-24(27-17)29-22(32)20-13-12-19(16-21(20)28-18(2)31)26-15-11-9-7-5-3-4-6-8-10-14-25/h12-13,16,26H,3-11,14-15,25H2,1-2H3,(H,28,31)(H,27,29,32). The van der Waals surface area contributed by atoms with Crippen LogP contribution in [0.25, 0.3) is 0 Å². The molecule has 5 N–H and O–H groups in total. The molecule has 192 valence electrons. The highest BCUT2D eigenvalue weighted by molar-refractivity contribution is 7.19. The number of nitrogens with one attached hydrogen (secondary N) is 3. The fourth-order valence-electron chi connectivity index (χ4n) is 3.66. The fourth-order valence-corrected chi connectivity index (χ4v) is 4.44. The zero-order chi connectivity index (χ0) is 25.6. The molecule has 11 heteroatoms. The predicted octanol–water partition coefficient (Wildman–Crippen LogP) is 5.45. The molecular formula is C24H36N6O4S. The number of hydrogen-bond acceptors (Lipinski definition) is 8. The van der Waals surface area contributed by atoms with E-state index in [2.05, 4.69) is 20.9 Å². The van der Waals surface area contributed by atoms with Gasteiger partial charge in [0.2, 0.25) is 5.91 Å². The Morgan fingerprint density at radius 1 is 1.03 bits per heavy atom. The number of hydrogen-bond donors (Lipinski definition) is 4. The second kappa shape index (κ2) is 15.0. The van der Waals surface area contributed by atoms with Crippen molar-refractivity contribution in [2.75, 3.05) is 29.0 Å². The minimum atomic E-state index is -0.531. The van der Waals surface area contributed by atoms with Crippen molar-refractivity contribution < 1.29 is 14.5 Å². The number of nitrogens with zero attached hydrogens (tertiary/aromatic N) is 2. The van der Waals surface area contributed by atoms with Crippen molar-refractivity contribution in [1.29, 1.82) is 0 Å². The molecule has 0 saturated heterocycles. The molecule has 2 aromatic rings. The number of benzene rings is 1. The first-order valence-electron chi connectivity index (χ1n) is 12.1. The summed E-state index contributed by atoms with van der Waals surface area (Å²) in [6, 6.07) is 5.10. The van der Waals surface area contributed by atoms with Gasteiger partial charge in [-0.05, 0) is 55.8 Å². The van der Waals surface area contributed by atoms with Crippen LogP contribution in [-0.4, -0.2) is 34.8 Å². The van der Waals surface area contributed by atoms with E-state index >= 15 is 0 Å². The molecular weight excluding hydrogens is 468 g/mol. The van der Waals surface area contributed by atoms with Crippen LogP contribution >= 0.6 is 11.3 Å². The molecule has 0 fully saturated rings. The van der Waals surface area contributed by atoms with Crippen molar-refractivity contribution in [3.8, 4) is 0 Å². The maximum Gasteiger partial charge on any atom is 0.348 e. The Morgan fingerprint density at radius 2 is 1.66 bits per heavy atom. The quantitative estimate of drug-likeness (QED) is 0.135. The fraction of sp³-hybridized carbons (Fsp3) is 0.542. The van der Waals surface area contributed by atoms with Gasteiger partial charge in [-0.15, -0.1) is 0 Å². The van der Waals surface area contributed by atoms with E-state index in [1.807, 2.05) is 0 Å². The molecule has 10 nitrogen and oxygen atoms in total. The van der Waals surface area contributed by atoms with Gasteiger partial charge in [-0.3, -0.25) is 25.0 Å². The van der Waals surface area contributed by atoms with Gasteiger partial charge < -0.3 is 16.4 Å². The summed E-state index contributed by atoms with van der Waals surface area (Å²) in [7, 11) is 0. The Labute approximate surface area is 210 Å². The molecule has 2 rings (SSSR count). The van der Waals surface area contributed by atoms with Gasteiger partial charge in [0.05, 0.1) is 16.2 Å². The molecule has 0 aliphatic rings. The molecule has 2 amide bonds. The van der Waals surface area contributed by atoms with Crippen LogP contribution in [0.5, 0.6) is 0 Å². The van der Waals surface area contributed by atoms with E-state index in [1.165, 1.54) is 52.4 Å². The first-order chi connectivity index (χ1) is 16.8. The van der Waals surface area contributed by atoms with Crippen LogP contribution in [0.1, 0.15) is 80.8 Å². The molecule has 1 heterocycles. The number of unbranched alkanes of at least 4 members (excludes halogenated alkanes) is 8. The van der Waals surface area contributed by atoms with E-state index < -0.39 is 10.8 Å². The number of rotatable bonds is 16. The topological polar surface area (TPSA) is 152 Å². The normalized spacial score (nSPS) is 10.7. The van der Waals surface area contributed by atoms with Crippen molar-refractivity contribution in [2.24, 2.45) is 5.73 Å². The Morgan fingerprint density at radius 3 is 2.23 bits per heavy atom. The van der Waals surface area contributed by atoms with E-state index in [9.17, 15) is 19.7 Å². The van der Waals surface area contributed by atoms with E-state index in [4.69, 9.17) is 5.73 Å². The molecule has 0 spiro atoms. The van der Waals surface area contributed by atoms with Gasteiger partial charge in [-0.2, -0.15) is 0 Å². The van der Waals surface area contributed by atoms with Crippen LogP contribution in [0.15, 0.2) is 18.2 Å². The third-order valence-corrected chi connectivity index (χ3v) is 6.47. The van der Waals surface area contributed by atoms with Gasteiger partial charge in [0, 0.05) is 19.2 Å². The molecule has 0 bridgehead atoms. The second-order valence-electron chi connectivity index (χ2n) is 8.46. The third kappa shape index (κ3) is 9.99. The molecule has 0 radical (unpaired) electrons. The van der Waals surface area contributed by atoms with Crippen molar-refractivity contribution in [3.63, 3.8) is 0 Å². The van der Waals surface area contributed by atoms with E-state index in [0.29, 0.717) is 5.69 Å². The van der Waals surface area contributed by atoms with Crippen molar-refractivity contribution in [2.45, 2.75) is 71.6 Å². The van der Waals surface area contributed by atoms with Crippen LogP contribution in [-0.2, 0) is 4.79 Å². The van der Waals surface area contributed by atoms with Gasteiger partial charge in [0.25, 0.3) is 5.91 Å². The molecule has 1 aromatic heterocycles. The lowest BCUT2D eigenvalue weighted by atomic mass is 10.1. The van der Waals surface area contributed by atoms with Crippen LogP contribution in [0.3, 0.4) is 0 Å². The van der Waals surface area contributed by atoms with Crippen molar-refractivity contribution in [3.05, 3.63) is 39.6 Å². The summed E-state index contributed by atoms with van der Waals surface area (Å²) < 4.78 is 0. The summed E-state index contributed by atoms with van der Waals surface area (Å²) in [5.41, 5.74) is 7.14. The number of nitrogens with two attached hydrogens (primary N) is 1. The summed E-state index contributed by atoms with van der Waals surface area (Å²) in [6.07, 6.45) is 10.8. The number of thiazole rings is 1. The summed E-state index contributed by atoms with van der Waals surface area (Å²) in [5, 5.41) is 19.7. The zero-order valence-electron chi connectivity index (χ0n) is 20.5. The summed E-state index contributed by atoms with van der Waals surface area (Å²) in [5.74, 6) is -0.813. The smallest absolute Gasteiger partial charge is 0.348 e. The molecule has 1 aromatic carbocycles. The third-order valence-electron chi connectivity index (χ3n) is 5.44. The minimum Gasteiger partial charge on any atom is -0.385 e. The highest BCUT2D eigenvalue weighted by Crippen LogP contribution is 2.30. The van der Waals surface area contributed by atoms with Crippen LogP contribution in [0, 0.1) is 17.0 Å². The molecule has 0 aliphatic carbocycles. The van der Waals surface area contributed by atoms with Gasteiger partial charge in [0.1, 0.15) is 5.69 Å². The summed E-state index contributed by atoms with van der Waals surface area (Å²) >= 11 is 0.792.